The van der Waals surface area contributed by atoms with Crippen LogP contribution in [0.2, 0.25) is 0 Å². The number of fused-ring (bicyclic) bond motifs is 1. The number of aromatic nitrogens is 3. The quantitative estimate of drug-likeness (QED) is 0.906. The Kier molecular flexibility index (Phi) is 2.78. The lowest BCUT2D eigenvalue weighted by molar-refractivity contribution is -0.0514. The van der Waals surface area contributed by atoms with Crippen LogP contribution in [0.1, 0.15) is 31.4 Å². The van der Waals surface area contributed by atoms with Crippen molar-refractivity contribution in [2.24, 2.45) is 5.73 Å². The molecule has 1 saturated carbocycles. The van der Waals surface area contributed by atoms with Gasteiger partial charge in [-0.3, -0.25) is 0 Å². The molecule has 3 rings (SSSR count). The summed E-state index contributed by atoms with van der Waals surface area (Å²) >= 11 is 0. The van der Waals surface area contributed by atoms with Crippen LogP contribution in [0.4, 0.5) is 8.78 Å². The summed E-state index contributed by atoms with van der Waals surface area (Å²) in [6, 6.07) is 3.64. The average Bonchev–Trinajstić information content (AvgIpc) is 2.84. The van der Waals surface area contributed by atoms with Gasteiger partial charge in [0, 0.05) is 43.3 Å². The fraction of sp³-hybridized carbons (Fsp3) is 0.538. The number of nitrogens with zero attached hydrogens (tertiary/aromatic N) is 3. The van der Waals surface area contributed by atoms with Crippen molar-refractivity contribution >= 4 is 5.65 Å². The first-order chi connectivity index (χ1) is 9.05. The van der Waals surface area contributed by atoms with Crippen molar-refractivity contribution < 1.29 is 8.78 Å². The van der Waals surface area contributed by atoms with Gasteiger partial charge in [-0.25, -0.2) is 18.3 Å². The molecule has 0 bridgehead atoms. The van der Waals surface area contributed by atoms with Crippen LogP contribution in [-0.2, 0) is 5.41 Å². The van der Waals surface area contributed by atoms with Gasteiger partial charge < -0.3 is 5.73 Å². The van der Waals surface area contributed by atoms with Gasteiger partial charge in [0.2, 0.25) is 5.92 Å². The van der Waals surface area contributed by atoms with Crippen molar-refractivity contribution in [1.29, 1.82) is 0 Å². The van der Waals surface area contributed by atoms with Gasteiger partial charge in [-0.1, -0.05) is 0 Å². The Hall–Kier alpha value is -1.56. The summed E-state index contributed by atoms with van der Waals surface area (Å²) in [4.78, 5) is 4.20. The lowest BCUT2D eigenvalue weighted by Crippen LogP contribution is -2.42. The van der Waals surface area contributed by atoms with E-state index in [1.54, 1.807) is 23.0 Å². The molecular weight excluding hydrogens is 250 g/mol. The molecule has 0 aromatic carbocycles. The Bertz CT molecular complexity index is 550. The monoisotopic (exact) mass is 266 g/mol. The van der Waals surface area contributed by atoms with Crippen molar-refractivity contribution in [3.63, 3.8) is 0 Å². The topological polar surface area (TPSA) is 56.2 Å². The summed E-state index contributed by atoms with van der Waals surface area (Å²) in [6.45, 7) is 0.340. The minimum absolute atomic E-state index is 0.120. The van der Waals surface area contributed by atoms with Crippen molar-refractivity contribution in [3.05, 3.63) is 30.2 Å². The van der Waals surface area contributed by atoms with Crippen molar-refractivity contribution in [3.8, 4) is 0 Å². The Morgan fingerprint density at radius 1 is 1.26 bits per heavy atom. The Balaban J connectivity index is 1.98. The van der Waals surface area contributed by atoms with Gasteiger partial charge in [0.25, 0.3) is 0 Å². The smallest absolute Gasteiger partial charge is 0.248 e. The van der Waals surface area contributed by atoms with E-state index in [-0.39, 0.29) is 12.8 Å². The second kappa shape index (κ2) is 4.23. The van der Waals surface area contributed by atoms with E-state index in [9.17, 15) is 8.78 Å². The SMILES string of the molecule is NCC1(c2cc3ncccn3n2)CCC(F)(F)CC1. The molecular formula is C13H16F2N4. The number of nitrogens with two attached hydrogens (primary N) is 1. The van der Waals surface area contributed by atoms with Gasteiger partial charge >= 0.3 is 0 Å². The maximum atomic E-state index is 13.3. The summed E-state index contributed by atoms with van der Waals surface area (Å²) < 4.78 is 28.3. The van der Waals surface area contributed by atoms with E-state index < -0.39 is 11.3 Å². The molecule has 0 amide bonds. The van der Waals surface area contributed by atoms with Gasteiger partial charge in [-0.2, -0.15) is 5.10 Å². The van der Waals surface area contributed by atoms with E-state index in [0.29, 0.717) is 19.4 Å². The van der Waals surface area contributed by atoms with Crippen LogP contribution in [0.5, 0.6) is 0 Å². The fourth-order valence-electron chi connectivity index (χ4n) is 2.75. The molecule has 0 spiro atoms. The standard InChI is InChI=1S/C13H16F2N4/c14-13(15)4-2-12(9-16,3-5-13)10-8-11-17-6-1-7-19(11)18-10/h1,6-8H,2-5,9,16H2. The molecule has 1 fully saturated rings. The van der Waals surface area contributed by atoms with Gasteiger partial charge in [0.1, 0.15) is 0 Å². The Labute approximate surface area is 109 Å². The molecule has 2 heterocycles. The Morgan fingerprint density at radius 2 is 2.00 bits per heavy atom. The zero-order valence-corrected chi connectivity index (χ0v) is 10.5. The summed E-state index contributed by atoms with van der Waals surface area (Å²) in [5.41, 5.74) is 6.94. The molecule has 19 heavy (non-hydrogen) atoms. The third kappa shape index (κ3) is 2.10. The maximum Gasteiger partial charge on any atom is 0.248 e. The number of halogens is 2. The van der Waals surface area contributed by atoms with Crippen LogP contribution < -0.4 is 5.73 Å². The number of alkyl halides is 2. The molecule has 1 aliphatic rings. The third-order valence-corrected chi connectivity index (χ3v) is 4.11. The highest BCUT2D eigenvalue weighted by Crippen LogP contribution is 2.44. The molecule has 0 saturated heterocycles. The van der Waals surface area contributed by atoms with E-state index in [1.807, 2.05) is 6.07 Å². The molecule has 2 N–H and O–H groups in total. The molecule has 0 radical (unpaired) electrons. The molecule has 0 aliphatic heterocycles. The largest absolute Gasteiger partial charge is 0.330 e. The van der Waals surface area contributed by atoms with E-state index >= 15 is 0 Å². The lowest BCUT2D eigenvalue weighted by Gasteiger charge is -2.37. The molecule has 2 aromatic rings. The second-order valence-electron chi connectivity index (χ2n) is 5.29. The van der Waals surface area contributed by atoms with Crippen LogP contribution in [0.3, 0.4) is 0 Å². The molecule has 6 heteroatoms. The van der Waals surface area contributed by atoms with E-state index in [1.165, 1.54) is 0 Å². The van der Waals surface area contributed by atoms with Gasteiger partial charge in [0.05, 0.1) is 5.69 Å². The van der Waals surface area contributed by atoms with E-state index in [0.717, 1.165) is 11.3 Å². The number of hydrogen-bond donors (Lipinski definition) is 1. The van der Waals surface area contributed by atoms with Crippen LogP contribution in [-0.4, -0.2) is 27.1 Å². The Morgan fingerprint density at radius 3 is 2.63 bits per heavy atom. The minimum Gasteiger partial charge on any atom is -0.330 e. The van der Waals surface area contributed by atoms with Crippen LogP contribution in [0.15, 0.2) is 24.5 Å². The van der Waals surface area contributed by atoms with Crippen LogP contribution >= 0.6 is 0 Å². The second-order valence-corrected chi connectivity index (χ2v) is 5.29. The van der Waals surface area contributed by atoms with E-state index in [4.69, 9.17) is 5.73 Å². The fourth-order valence-corrected chi connectivity index (χ4v) is 2.75. The predicted molar refractivity (Wildman–Crippen MR) is 67.1 cm³/mol. The third-order valence-electron chi connectivity index (χ3n) is 4.11. The van der Waals surface area contributed by atoms with Crippen molar-refractivity contribution in [2.45, 2.75) is 37.0 Å². The highest BCUT2D eigenvalue weighted by Gasteiger charge is 2.44. The van der Waals surface area contributed by atoms with Crippen LogP contribution in [0.25, 0.3) is 5.65 Å². The highest BCUT2D eigenvalue weighted by atomic mass is 19.3. The zero-order valence-electron chi connectivity index (χ0n) is 10.5. The average molecular weight is 266 g/mol. The van der Waals surface area contributed by atoms with E-state index in [2.05, 4.69) is 10.1 Å². The number of rotatable bonds is 2. The van der Waals surface area contributed by atoms with Gasteiger partial charge in [0.15, 0.2) is 5.65 Å². The molecule has 1 aliphatic carbocycles. The lowest BCUT2D eigenvalue weighted by atomic mass is 9.70. The maximum absolute atomic E-state index is 13.3. The first kappa shape index (κ1) is 12.5. The summed E-state index contributed by atoms with van der Waals surface area (Å²) in [5, 5.41) is 4.46. The molecule has 0 unspecified atom stereocenters. The molecule has 0 atom stereocenters. The minimum atomic E-state index is -2.56. The van der Waals surface area contributed by atoms with Crippen molar-refractivity contribution in [1.82, 2.24) is 14.6 Å². The predicted octanol–water partition coefficient (Wildman–Crippen LogP) is 2.14. The first-order valence-corrected chi connectivity index (χ1v) is 6.44. The number of hydrogen-bond acceptors (Lipinski definition) is 3. The summed E-state index contributed by atoms with van der Waals surface area (Å²) in [7, 11) is 0. The zero-order chi connectivity index (χ0) is 13.5. The molecule has 4 nitrogen and oxygen atoms in total. The summed E-state index contributed by atoms with van der Waals surface area (Å²) in [5.74, 6) is -2.56. The molecule has 102 valence electrons. The van der Waals surface area contributed by atoms with Gasteiger partial charge in [-0.15, -0.1) is 0 Å². The highest BCUT2D eigenvalue weighted by molar-refractivity contribution is 5.41. The van der Waals surface area contributed by atoms with Gasteiger partial charge in [-0.05, 0) is 18.9 Å². The first-order valence-electron chi connectivity index (χ1n) is 6.44. The normalized spacial score (nSPS) is 21.6. The van der Waals surface area contributed by atoms with Crippen molar-refractivity contribution in [2.75, 3.05) is 6.54 Å². The molecule has 2 aromatic heterocycles. The van der Waals surface area contributed by atoms with Crippen LogP contribution in [0, 0.1) is 0 Å². The summed E-state index contributed by atoms with van der Waals surface area (Å²) in [6.07, 6.45) is 4.00.